The number of hydrogen-bond acceptors (Lipinski definition) is 1. The highest BCUT2D eigenvalue weighted by Crippen LogP contribution is 2.22. The summed E-state index contributed by atoms with van der Waals surface area (Å²) in [6.45, 7) is 6.42. The predicted molar refractivity (Wildman–Crippen MR) is 69.7 cm³/mol. The topological polar surface area (TPSA) is 20.2 Å². The number of aryl methyl sites for hydroxylation is 1. The molecule has 0 saturated heterocycles. The van der Waals surface area contributed by atoms with Crippen LogP contribution in [0, 0.1) is 6.92 Å². The minimum atomic E-state index is -0.106. The van der Waals surface area contributed by atoms with Gasteiger partial charge in [-0.2, -0.15) is 0 Å². The van der Waals surface area contributed by atoms with Gasteiger partial charge in [-0.15, -0.1) is 0 Å². The Hall–Kier alpha value is -0.820. The maximum absolute atomic E-state index is 9.48. The third-order valence-corrected chi connectivity index (χ3v) is 3.29. The molecule has 90 valence electrons. The van der Waals surface area contributed by atoms with Crippen LogP contribution in [0.4, 0.5) is 0 Å². The van der Waals surface area contributed by atoms with Gasteiger partial charge in [0.1, 0.15) is 0 Å². The van der Waals surface area contributed by atoms with Crippen molar-refractivity contribution in [3.05, 3.63) is 35.4 Å². The van der Waals surface area contributed by atoms with Crippen molar-refractivity contribution in [2.75, 3.05) is 0 Å². The maximum Gasteiger partial charge on any atom is 0.0537 e. The van der Waals surface area contributed by atoms with Crippen molar-refractivity contribution in [1.82, 2.24) is 0 Å². The van der Waals surface area contributed by atoms with Crippen LogP contribution in [0.25, 0.3) is 0 Å². The molecule has 0 aliphatic carbocycles. The van der Waals surface area contributed by atoms with Crippen molar-refractivity contribution in [3.8, 4) is 0 Å². The van der Waals surface area contributed by atoms with Gasteiger partial charge in [-0.3, -0.25) is 0 Å². The third kappa shape index (κ3) is 4.36. The van der Waals surface area contributed by atoms with Crippen molar-refractivity contribution in [3.63, 3.8) is 0 Å². The molecule has 1 heteroatoms. The van der Waals surface area contributed by atoms with Crippen LogP contribution >= 0.6 is 0 Å². The molecule has 0 radical (unpaired) electrons. The van der Waals surface area contributed by atoms with Crippen LogP contribution in [-0.2, 0) is 0 Å². The SMILES string of the molecule is CCC(O)CCCC(C)c1ccc(C)cc1. The van der Waals surface area contributed by atoms with Crippen molar-refractivity contribution in [1.29, 1.82) is 0 Å². The molecule has 0 bridgehead atoms. The van der Waals surface area contributed by atoms with E-state index in [1.807, 2.05) is 6.92 Å². The average Bonchev–Trinajstić information content (AvgIpc) is 2.29. The Morgan fingerprint density at radius 2 is 1.75 bits per heavy atom. The first kappa shape index (κ1) is 13.2. The lowest BCUT2D eigenvalue weighted by Gasteiger charge is -2.13. The zero-order valence-electron chi connectivity index (χ0n) is 10.7. The molecular weight excluding hydrogens is 196 g/mol. The first-order chi connectivity index (χ1) is 7.63. The van der Waals surface area contributed by atoms with E-state index in [9.17, 15) is 5.11 Å². The van der Waals surface area contributed by atoms with Gasteiger partial charge in [0.15, 0.2) is 0 Å². The summed E-state index contributed by atoms with van der Waals surface area (Å²) in [5.41, 5.74) is 2.73. The van der Waals surface area contributed by atoms with Crippen LogP contribution in [0.3, 0.4) is 0 Å². The van der Waals surface area contributed by atoms with Crippen LogP contribution in [0.1, 0.15) is 56.6 Å². The van der Waals surface area contributed by atoms with Crippen LogP contribution in [0.5, 0.6) is 0 Å². The summed E-state index contributed by atoms with van der Waals surface area (Å²) < 4.78 is 0. The lowest BCUT2D eigenvalue weighted by molar-refractivity contribution is 0.156. The molecule has 0 aliphatic rings. The number of benzene rings is 1. The minimum absolute atomic E-state index is 0.106. The fraction of sp³-hybridized carbons (Fsp3) is 0.600. The Morgan fingerprint density at radius 1 is 1.12 bits per heavy atom. The van der Waals surface area contributed by atoms with Gasteiger partial charge < -0.3 is 5.11 Å². The summed E-state index contributed by atoms with van der Waals surface area (Å²) >= 11 is 0. The molecule has 1 aromatic rings. The maximum atomic E-state index is 9.48. The van der Waals surface area contributed by atoms with Gasteiger partial charge in [0.05, 0.1) is 6.10 Å². The zero-order chi connectivity index (χ0) is 12.0. The predicted octanol–water partition coefficient (Wildman–Crippen LogP) is 4.04. The highest BCUT2D eigenvalue weighted by molar-refractivity contribution is 5.23. The minimum Gasteiger partial charge on any atom is -0.393 e. The second kappa shape index (κ2) is 6.70. The third-order valence-electron chi connectivity index (χ3n) is 3.29. The van der Waals surface area contributed by atoms with E-state index in [4.69, 9.17) is 0 Å². The first-order valence-corrected chi connectivity index (χ1v) is 6.38. The van der Waals surface area contributed by atoms with E-state index in [1.54, 1.807) is 0 Å². The van der Waals surface area contributed by atoms with Gasteiger partial charge in [0, 0.05) is 0 Å². The molecule has 0 amide bonds. The standard InChI is InChI=1S/C15H24O/c1-4-15(16)7-5-6-13(3)14-10-8-12(2)9-11-14/h8-11,13,15-16H,4-7H2,1-3H3. The largest absolute Gasteiger partial charge is 0.393 e. The van der Waals surface area contributed by atoms with Crippen LogP contribution in [-0.4, -0.2) is 11.2 Å². The Morgan fingerprint density at radius 3 is 2.31 bits per heavy atom. The quantitative estimate of drug-likeness (QED) is 0.767. The van der Waals surface area contributed by atoms with Gasteiger partial charge >= 0.3 is 0 Å². The fourth-order valence-corrected chi connectivity index (χ4v) is 1.93. The number of rotatable bonds is 6. The first-order valence-electron chi connectivity index (χ1n) is 6.38. The van der Waals surface area contributed by atoms with Crippen molar-refractivity contribution >= 4 is 0 Å². The summed E-state index contributed by atoms with van der Waals surface area (Å²) in [5.74, 6) is 0.602. The molecule has 1 aromatic carbocycles. The van der Waals surface area contributed by atoms with Gasteiger partial charge in [-0.25, -0.2) is 0 Å². The summed E-state index contributed by atoms with van der Waals surface area (Å²) in [6, 6.07) is 8.78. The number of aliphatic hydroxyl groups is 1. The Balaban J connectivity index is 2.35. The van der Waals surface area contributed by atoms with Crippen molar-refractivity contribution in [2.45, 2.75) is 58.5 Å². The van der Waals surface area contributed by atoms with Crippen molar-refractivity contribution < 1.29 is 5.11 Å². The molecule has 0 spiro atoms. The van der Waals surface area contributed by atoms with Gasteiger partial charge in [0.2, 0.25) is 0 Å². The van der Waals surface area contributed by atoms with E-state index < -0.39 is 0 Å². The number of aliphatic hydroxyl groups excluding tert-OH is 1. The molecule has 0 aliphatic heterocycles. The molecule has 0 aromatic heterocycles. The molecular formula is C15H24O. The van der Waals surface area contributed by atoms with E-state index in [2.05, 4.69) is 38.1 Å². The van der Waals surface area contributed by atoms with E-state index in [0.717, 1.165) is 19.3 Å². The van der Waals surface area contributed by atoms with Gasteiger partial charge in [-0.05, 0) is 37.7 Å². The average molecular weight is 220 g/mol. The zero-order valence-corrected chi connectivity index (χ0v) is 10.7. The molecule has 1 nitrogen and oxygen atoms in total. The lowest BCUT2D eigenvalue weighted by Crippen LogP contribution is -2.04. The summed E-state index contributed by atoms with van der Waals surface area (Å²) in [6.07, 6.45) is 3.99. The normalized spacial score (nSPS) is 14.8. The monoisotopic (exact) mass is 220 g/mol. The molecule has 2 atom stereocenters. The smallest absolute Gasteiger partial charge is 0.0537 e. The lowest BCUT2D eigenvalue weighted by atomic mass is 9.94. The van der Waals surface area contributed by atoms with Gasteiger partial charge in [-0.1, -0.05) is 50.1 Å². The van der Waals surface area contributed by atoms with Crippen LogP contribution in [0.15, 0.2) is 24.3 Å². The Labute approximate surface area is 99.5 Å². The molecule has 2 unspecified atom stereocenters. The highest BCUT2D eigenvalue weighted by Gasteiger charge is 2.06. The second-order valence-electron chi connectivity index (χ2n) is 4.80. The van der Waals surface area contributed by atoms with Gasteiger partial charge in [0.25, 0.3) is 0 Å². The molecule has 0 fully saturated rings. The van der Waals surface area contributed by atoms with E-state index in [0.29, 0.717) is 5.92 Å². The highest BCUT2D eigenvalue weighted by atomic mass is 16.3. The molecule has 1 N–H and O–H groups in total. The summed E-state index contributed by atoms with van der Waals surface area (Å²) in [7, 11) is 0. The van der Waals surface area contributed by atoms with Crippen molar-refractivity contribution in [2.24, 2.45) is 0 Å². The molecule has 16 heavy (non-hydrogen) atoms. The van der Waals surface area contributed by atoms with Crippen LogP contribution < -0.4 is 0 Å². The fourth-order valence-electron chi connectivity index (χ4n) is 1.93. The molecule has 1 rings (SSSR count). The molecule has 0 saturated carbocycles. The summed E-state index contributed by atoms with van der Waals surface area (Å²) in [4.78, 5) is 0. The van der Waals surface area contributed by atoms with E-state index in [-0.39, 0.29) is 6.10 Å². The Kier molecular flexibility index (Phi) is 5.54. The van der Waals surface area contributed by atoms with E-state index >= 15 is 0 Å². The number of hydrogen-bond donors (Lipinski definition) is 1. The molecule has 0 heterocycles. The van der Waals surface area contributed by atoms with E-state index in [1.165, 1.54) is 17.5 Å². The summed E-state index contributed by atoms with van der Waals surface area (Å²) in [5, 5.41) is 9.48. The second-order valence-corrected chi connectivity index (χ2v) is 4.80. The Bertz CT molecular complexity index is 289. The van der Waals surface area contributed by atoms with Crippen LogP contribution in [0.2, 0.25) is 0 Å².